The van der Waals surface area contributed by atoms with E-state index in [0.717, 1.165) is 6.42 Å². The zero-order chi connectivity index (χ0) is 13.8. The van der Waals surface area contributed by atoms with Gasteiger partial charge in [-0.05, 0) is 5.92 Å². The lowest BCUT2D eigenvalue weighted by molar-refractivity contribution is -0.177. The molecule has 0 amide bonds. The van der Waals surface area contributed by atoms with E-state index in [-0.39, 0.29) is 24.2 Å². The van der Waals surface area contributed by atoms with E-state index in [2.05, 4.69) is 14.9 Å². The van der Waals surface area contributed by atoms with Crippen LogP contribution in [0.5, 0.6) is 0 Å². The lowest BCUT2D eigenvalue weighted by atomic mass is 10.0. The molecule has 8 heteroatoms. The highest BCUT2D eigenvalue weighted by molar-refractivity contribution is 4.92. The van der Waals surface area contributed by atoms with Gasteiger partial charge in [0.1, 0.15) is 13.2 Å². The van der Waals surface area contributed by atoms with E-state index < -0.39 is 18.8 Å². The Kier molecular flexibility index (Phi) is 5.09. The van der Waals surface area contributed by atoms with Crippen LogP contribution in [0.15, 0.2) is 4.52 Å². The lowest BCUT2D eigenvalue weighted by Gasteiger charge is -2.12. The number of rotatable bonds is 6. The van der Waals surface area contributed by atoms with E-state index in [4.69, 9.17) is 10.3 Å². The summed E-state index contributed by atoms with van der Waals surface area (Å²) >= 11 is 0. The fourth-order valence-corrected chi connectivity index (χ4v) is 1.22. The van der Waals surface area contributed by atoms with Crippen LogP contribution >= 0.6 is 0 Å². The van der Waals surface area contributed by atoms with Gasteiger partial charge in [0.2, 0.25) is 5.89 Å². The number of hydrogen-bond donors (Lipinski definition) is 1. The Balaban J connectivity index is 2.48. The van der Waals surface area contributed by atoms with Crippen LogP contribution in [0.25, 0.3) is 0 Å². The predicted molar refractivity (Wildman–Crippen MR) is 56.4 cm³/mol. The minimum atomic E-state index is -4.36. The molecule has 1 aromatic heterocycles. The summed E-state index contributed by atoms with van der Waals surface area (Å²) in [6.45, 7) is 2.20. The van der Waals surface area contributed by atoms with E-state index in [9.17, 15) is 13.2 Å². The van der Waals surface area contributed by atoms with Gasteiger partial charge in [-0.15, -0.1) is 0 Å². The summed E-state index contributed by atoms with van der Waals surface area (Å²) in [6, 6.07) is -0.418. The Labute approximate surface area is 102 Å². The van der Waals surface area contributed by atoms with Gasteiger partial charge in [-0.25, -0.2) is 0 Å². The molecule has 1 aromatic rings. The van der Waals surface area contributed by atoms with Crippen molar-refractivity contribution in [1.82, 2.24) is 10.1 Å². The summed E-state index contributed by atoms with van der Waals surface area (Å²) < 4.78 is 44.8. The molecular formula is C10H16F3N3O2. The topological polar surface area (TPSA) is 74.2 Å². The second-order valence-electron chi connectivity index (χ2n) is 4.07. The average Bonchev–Trinajstić information content (AvgIpc) is 2.74. The molecule has 0 saturated heterocycles. The molecule has 1 heterocycles. The molecule has 2 N–H and O–H groups in total. The molecule has 0 aliphatic carbocycles. The normalized spacial score (nSPS) is 15.7. The number of nitrogens with two attached hydrogens (primary N) is 1. The molecular weight excluding hydrogens is 251 g/mol. The minimum Gasteiger partial charge on any atom is -0.364 e. The third-order valence-electron chi connectivity index (χ3n) is 2.52. The van der Waals surface area contributed by atoms with E-state index in [1.807, 2.05) is 13.8 Å². The molecule has 0 aromatic carbocycles. The summed E-state index contributed by atoms with van der Waals surface area (Å²) in [5, 5.41) is 3.52. The van der Waals surface area contributed by atoms with Gasteiger partial charge < -0.3 is 15.0 Å². The van der Waals surface area contributed by atoms with Gasteiger partial charge in [0.25, 0.3) is 0 Å². The molecule has 5 nitrogen and oxygen atoms in total. The average molecular weight is 267 g/mol. The lowest BCUT2D eigenvalue weighted by Crippen LogP contribution is -2.19. The Morgan fingerprint density at radius 1 is 1.44 bits per heavy atom. The number of hydrogen-bond acceptors (Lipinski definition) is 5. The number of aromatic nitrogens is 2. The first kappa shape index (κ1) is 14.9. The summed E-state index contributed by atoms with van der Waals surface area (Å²) in [4.78, 5) is 3.90. The van der Waals surface area contributed by atoms with Crippen LogP contribution in [-0.2, 0) is 11.3 Å². The van der Waals surface area contributed by atoms with Gasteiger partial charge in [-0.1, -0.05) is 25.4 Å². The highest BCUT2D eigenvalue weighted by atomic mass is 19.4. The summed E-state index contributed by atoms with van der Waals surface area (Å²) in [6.07, 6.45) is -3.52. The van der Waals surface area contributed by atoms with Gasteiger partial charge >= 0.3 is 6.18 Å². The molecule has 2 unspecified atom stereocenters. The Morgan fingerprint density at radius 3 is 2.67 bits per heavy atom. The van der Waals surface area contributed by atoms with Gasteiger partial charge in [-0.2, -0.15) is 18.2 Å². The Hall–Kier alpha value is -1.15. The second kappa shape index (κ2) is 6.14. The molecule has 0 spiro atoms. The summed E-state index contributed by atoms with van der Waals surface area (Å²) in [7, 11) is 0. The van der Waals surface area contributed by atoms with Crippen LogP contribution in [0.2, 0.25) is 0 Å². The van der Waals surface area contributed by atoms with Gasteiger partial charge in [0.15, 0.2) is 5.82 Å². The predicted octanol–water partition coefficient (Wildman–Crippen LogP) is 2.19. The first-order valence-electron chi connectivity index (χ1n) is 5.56. The van der Waals surface area contributed by atoms with Gasteiger partial charge in [-0.3, -0.25) is 0 Å². The number of ether oxygens (including phenoxy) is 1. The minimum absolute atomic E-state index is 0.0630. The SMILES string of the molecule is CCC(C)C(N)c1nc(COCC(F)(F)F)no1. The van der Waals surface area contributed by atoms with Gasteiger partial charge in [0.05, 0.1) is 6.04 Å². The molecule has 0 saturated carbocycles. The number of nitrogens with zero attached hydrogens (tertiary/aromatic N) is 2. The molecule has 1 rings (SSSR count). The van der Waals surface area contributed by atoms with Crippen LogP contribution in [0, 0.1) is 5.92 Å². The smallest absolute Gasteiger partial charge is 0.364 e. The van der Waals surface area contributed by atoms with Crippen LogP contribution < -0.4 is 5.73 Å². The third-order valence-corrected chi connectivity index (χ3v) is 2.52. The maximum absolute atomic E-state index is 11.8. The summed E-state index contributed by atoms with van der Waals surface area (Å²) in [5.41, 5.74) is 5.84. The van der Waals surface area contributed by atoms with E-state index in [0.29, 0.717) is 0 Å². The van der Waals surface area contributed by atoms with E-state index >= 15 is 0 Å². The largest absolute Gasteiger partial charge is 0.411 e. The van der Waals surface area contributed by atoms with Crippen molar-refractivity contribution >= 4 is 0 Å². The highest BCUT2D eigenvalue weighted by Crippen LogP contribution is 2.20. The molecule has 104 valence electrons. The summed E-state index contributed by atoms with van der Waals surface area (Å²) in [5.74, 6) is 0.428. The molecule has 0 aliphatic heterocycles. The van der Waals surface area contributed by atoms with Crippen LogP contribution in [0.3, 0.4) is 0 Å². The number of alkyl halides is 3. The molecule has 0 aliphatic rings. The fraction of sp³-hybridized carbons (Fsp3) is 0.800. The Bertz CT molecular complexity index is 367. The first-order valence-corrected chi connectivity index (χ1v) is 5.56. The third kappa shape index (κ3) is 4.61. The van der Waals surface area contributed by atoms with Crippen molar-refractivity contribution in [2.45, 2.75) is 39.1 Å². The van der Waals surface area contributed by atoms with Crippen LogP contribution in [0.1, 0.15) is 38.0 Å². The molecule has 2 atom stereocenters. The van der Waals surface area contributed by atoms with Crippen molar-refractivity contribution in [2.24, 2.45) is 11.7 Å². The quantitative estimate of drug-likeness (QED) is 0.855. The monoisotopic (exact) mass is 267 g/mol. The molecule has 18 heavy (non-hydrogen) atoms. The Morgan fingerprint density at radius 2 is 2.11 bits per heavy atom. The van der Waals surface area contributed by atoms with Gasteiger partial charge in [0, 0.05) is 0 Å². The maximum Gasteiger partial charge on any atom is 0.411 e. The van der Waals surface area contributed by atoms with Crippen molar-refractivity contribution in [3.63, 3.8) is 0 Å². The number of halogens is 3. The van der Waals surface area contributed by atoms with Crippen molar-refractivity contribution in [1.29, 1.82) is 0 Å². The van der Waals surface area contributed by atoms with Crippen molar-refractivity contribution in [3.05, 3.63) is 11.7 Å². The zero-order valence-corrected chi connectivity index (χ0v) is 10.2. The zero-order valence-electron chi connectivity index (χ0n) is 10.2. The van der Waals surface area contributed by atoms with Crippen LogP contribution in [0.4, 0.5) is 13.2 Å². The van der Waals surface area contributed by atoms with Crippen molar-refractivity contribution in [3.8, 4) is 0 Å². The first-order chi connectivity index (χ1) is 8.33. The van der Waals surface area contributed by atoms with Crippen LogP contribution in [-0.4, -0.2) is 22.9 Å². The highest BCUT2D eigenvalue weighted by Gasteiger charge is 2.28. The maximum atomic E-state index is 11.8. The molecule has 0 radical (unpaired) electrons. The van der Waals surface area contributed by atoms with Crippen molar-refractivity contribution < 1.29 is 22.4 Å². The van der Waals surface area contributed by atoms with E-state index in [1.165, 1.54) is 0 Å². The molecule has 0 bridgehead atoms. The van der Waals surface area contributed by atoms with Crippen molar-refractivity contribution in [2.75, 3.05) is 6.61 Å². The standard InChI is InChI=1S/C10H16F3N3O2/c1-3-6(2)8(14)9-15-7(16-18-9)4-17-5-10(11,12)13/h6,8H,3-5,14H2,1-2H3. The second-order valence-corrected chi connectivity index (χ2v) is 4.07. The fourth-order valence-electron chi connectivity index (χ4n) is 1.22. The molecule has 0 fully saturated rings. The van der Waals surface area contributed by atoms with E-state index in [1.54, 1.807) is 0 Å².